The van der Waals surface area contributed by atoms with Gasteiger partial charge >= 0.3 is 0 Å². The molecule has 0 radical (unpaired) electrons. The van der Waals surface area contributed by atoms with Crippen molar-refractivity contribution in [3.8, 4) is 67.1 Å². The zero-order valence-electron chi connectivity index (χ0n) is 34.3. The fourth-order valence-electron chi connectivity index (χ4n) is 9.54. The summed E-state index contributed by atoms with van der Waals surface area (Å²) in [6.45, 7) is 2.21. The molecule has 0 N–H and O–H groups in total. The minimum absolute atomic E-state index is 0.0588. The zero-order chi connectivity index (χ0) is 40.7. The predicted octanol–water partition coefficient (Wildman–Crippen LogP) is 13.8. The minimum Gasteiger partial charge on any atom is -0.458 e. The molecule has 61 heavy (non-hydrogen) atoms. The van der Waals surface area contributed by atoms with Gasteiger partial charge in [-0.05, 0) is 116 Å². The molecule has 11 rings (SSSR count). The monoisotopic (exact) mass is 781 g/mol. The summed E-state index contributed by atoms with van der Waals surface area (Å²) in [4.78, 5) is 2.59. The lowest BCUT2D eigenvalue weighted by Crippen LogP contribution is -2.59. The molecule has 0 aliphatic carbocycles. The van der Waals surface area contributed by atoms with Gasteiger partial charge in [0.15, 0.2) is 0 Å². The van der Waals surface area contributed by atoms with Crippen LogP contribution in [0.25, 0.3) is 55.6 Å². The van der Waals surface area contributed by atoms with E-state index in [1.54, 1.807) is 0 Å². The highest BCUT2D eigenvalue weighted by molar-refractivity contribution is 6.99. The molecule has 0 bridgehead atoms. The Labute approximate surface area is 359 Å². The number of hydrogen-bond donors (Lipinski definition) is 0. The van der Waals surface area contributed by atoms with Crippen molar-refractivity contribution in [2.45, 2.75) is 26.2 Å². The molecule has 0 saturated carbocycles. The highest BCUT2D eigenvalue weighted by Gasteiger charge is 2.43. The maximum Gasteiger partial charge on any atom is 0.256 e. The molecule has 0 aromatic heterocycles. The minimum atomic E-state index is -0.0588. The first-order chi connectivity index (χ1) is 30.2. The van der Waals surface area contributed by atoms with E-state index in [1.165, 1.54) is 89.0 Å². The Morgan fingerprint density at radius 1 is 0.410 bits per heavy atom. The SMILES string of the molecule is CCCCc1cc2c3c(c1)N(c1c(-c4ccccc4)cc(-c4ccccc4)cc1-c1ccccc1)c1ccc(-c4ccccc4)cc1B3c1cc(-c3ccccc3)ccc1O2. The van der Waals surface area contributed by atoms with Gasteiger partial charge < -0.3 is 9.64 Å². The van der Waals surface area contributed by atoms with Gasteiger partial charge in [-0.15, -0.1) is 0 Å². The van der Waals surface area contributed by atoms with Crippen LogP contribution in [0.4, 0.5) is 17.1 Å². The first-order valence-corrected chi connectivity index (χ1v) is 21.6. The highest BCUT2D eigenvalue weighted by atomic mass is 16.5. The molecular weight excluding hydrogens is 737 g/mol. The summed E-state index contributed by atoms with van der Waals surface area (Å²) in [6.07, 6.45) is 3.20. The van der Waals surface area contributed by atoms with Crippen LogP contribution in [-0.2, 0) is 6.42 Å². The van der Waals surface area contributed by atoms with Gasteiger partial charge in [0.1, 0.15) is 11.5 Å². The Balaban J connectivity index is 1.25. The van der Waals surface area contributed by atoms with Gasteiger partial charge in [0.2, 0.25) is 0 Å². The Hall–Kier alpha value is -7.36. The Bertz CT molecular complexity index is 2960. The second-order valence-corrected chi connectivity index (χ2v) is 16.3. The van der Waals surface area contributed by atoms with E-state index in [1.807, 2.05) is 0 Å². The van der Waals surface area contributed by atoms with Gasteiger partial charge in [0.05, 0.1) is 5.69 Å². The van der Waals surface area contributed by atoms with Gasteiger partial charge in [0, 0.05) is 22.5 Å². The van der Waals surface area contributed by atoms with Crippen LogP contribution in [0.2, 0.25) is 0 Å². The molecule has 290 valence electrons. The molecule has 2 heterocycles. The van der Waals surface area contributed by atoms with E-state index >= 15 is 0 Å². The molecular formula is C58H44BNO. The van der Waals surface area contributed by atoms with E-state index in [2.05, 4.69) is 224 Å². The van der Waals surface area contributed by atoms with Crippen LogP contribution in [-0.4, -0.2) is 6.71 Å². The molecule has 3 heteroatoms. The van der Waals surface area contributed by atoms with Crippen LogP contribution in [0, 0.1) is 0 Å². The quantitative estimate of drug-likeness (QED) is 0.135. The normalized spacial score (nSPS) is 12.3. The smallest absolute Gasteiger partial charge is 0.256 e. The average Bonchev–Trinajstić information content (AvgIpc) is 3.34. The summed E-state index contributed by atoms with van der Waals surface area (Å²) >= 11 is 0. The molecule has 2 nitrogen and oxygen atoms in total. The summed E-state index contributed by atoms with van der Waals surface area (Å²) in [6, 6.07) is 77.7. The Morgan fingerprint density at radius 3 is 1.44 bits per heavy atom. The van der Waals surface area contributed by atoms with Crippen LogP contribution in [0.1, 0.15) is 25.3 Å². The summed E-state index contributed by atoms with van der Waals surface area (Å²) in [5.41, 5.74) is 20.3. The summed E-state index contributed by atoms with van der Waals surface area (Å²) in [7, 11) is 0. The second kappa shape index (κ2) is 15.7. The summed E-state index contributed by atoms with van der Waals surface area (Å²) in [5, 5.41) is 0. The van der Waals surface area contributed by atoms with Crippen molar-refractivity contribution in [3.05, 3.63) is 218 Å². The van der Waals surface area contributed by atoms with E-state index in [-0.39, 0.29) is 6.71 Å². The number of fused-ring (bicyclic) bond motifs is 4. The van der Waals surface area contributed by atoms with Crippen LogP contribution in [0.3, 0.4) is 0 Å². The Morgan fingerprint density at radius 2 is 0.902 bits per heavy atom. The third kappa shape index (κ3) is 6.64. The van der Waals surface area contributed by atoms with Gasteiger partial charge in [-0.25, -0.2) is 0 Å². The number of nitrogens with zero attached hydrogens (tertiary/aromatic N) is 1. The number of anilines is 3. The molecule has 0 saturated heterocycles. The molecule has 0 unspecified atom stereocenters. The lowest BCUT2D eigenvalue weighted by molar-refractivity contribution is 0.486. The third-order valence-electron chi connectivity index (χ3n) is 12.5. The Kier molecular flexibility index (Phi) is 9.43. The highest BCUT2D eigenvalue weighted by Crippen LogP contribution is 2.51. The first kappa shape index (κ1) is 36.7. The van der Waals surface area contributed by atoms with Crippen LogP contribution in [0.15, 0.2) is 212 Å². The zero-order valence-corrected chi connectivity index (χ0v) is 34.3. The van der Waals surface area contributed by atoms with E-state index in [4.69, 9.17) is 4.74 Å². The largest absolute Gasteiger partial charge is 0.458 e. The molecule has 2 aliphatic heterocycles. The molecule has 0 atom stereocenters. The van der Waals surface area contributed by atoms with Crippen molar-refractivity contribution < 1.29 is 4.74 Å². The fourth-order valence-corrected chi connectivity index (χ4v) is 9.54. The van der Waals surface area contributed by atoms with E-state index in [9.17, 15) is 0 Å². The van der Waals surface area contributed by atoms with Gasteiger partial charge in [0.25, 0.3) is 6.71 Å². The predicted molar refractivity (Wildman–Crippen MR) is 258 cm³/mol. The fraction of sp³-hybridized carbons (Fsp3) is 0.0690. The molecule has 9 aromatic carbocycles. The first-order valence-electron chi connectivity index (χ1n) is 21.6. The van der Waals surface area contributed by atoms with E-state index < -0.39 is 0 Å². The van der Waals surface area contributed by atoms with Crippen molar-refractivity contribution in [2.75, 3.05) is 4.90 Å². The lowest BCUT2D eigenvalue weighted by atomic mass is 9.34. The number of rotatable bonds is 9. The van der Waals surface area contributed by atoms with Crippen LogP contribution < -0.4 is 26.0 Å². The number of aryl methyl sites for hydroxylation is 1. The number of hydrogen-bond acceptors (Lipinski definition) is 2. The maximum atomic E-state index is 7.13. The number of unbranched alkanes of at least 4 members (excludes halogenated alkanes) is 1. The molecule has 2 aliphatic rings. The van der Waals surface area contributed by atoms with Gasteiger partial charge in [-0.2, -0.15) is 0 Å². The van der Waals surface area contributed by atoms with Crippen molar-refractivity contribution >= 4 is 40.2 Å². The number of benzene rings is 9. The average molecular weight is 782 g/mol. The third-order valence-corrected chi connectivity index (χ3v) is 12.5. The van der Waals surface area contributed by atoms with Gasteiger partial charge in [-0.1, -0.05) is 189 Å². The number of ether oxygens (including phenoxy) is 1. The molecule has 0 spiro atoms. The molecule has 9 aromatic rings. The topological polar surface area (TPSA) is 12.5 Å². The van der Waals surface area contributed by atoms with Crippen LogP contribution in [0.5, 0.6) is 11.5 Å². The van der Waals surface area contributed by atoms with Gasteiger partial charge in [-0.3, -0.25) is 0 Å². The second-order valence-electron chi connectivity index (χ2n) is 16.3. The van der Waals surface area contributed by atoms with Crippen molar-refractivity contribution in [2.24, 2.45) is 0 Å². The molecule has 0 amide bonds. The summed E-state index contributed by atoms with van der Waals surface area (Å²) < 4.78 is 7.13. The van der Waals surface area contributed by atoms with Crippen molar-refractivity contribution in [3.63, 3.8) is 0 Å². The molecule has 0 fully saturated rings. The van der Waals surface area contributed by atoms with Crippen molar-refractivity contribution in [1.82, 2.24) is 0 Å². The standard InChI is InChI=1S/C58H44BNO/c1-2-3-19-40-34-54-57-56(35-40)61-55-33-31-47(42-22-11-5-12-23-42)39-52(55)59(57)51-38-46(41-20-9-4-10-21-41)30-32-53(51)60(54)58-49(44-26-15-7-16-27-44)36-48(43-24-13-6-14-25-43)37-50(58)45-28-17-8-18-29-45/h4-18,20-39H,2-3,19H2,1H3. The maximum absolute atomic E-state index is 7.13. The van der Waals surface area contributed by atoms with E-state index in [0.717, 1.165) is 36.4 Å². The van der Waals surface area contributed by atoms with Crippen LogP contribution >= 0.6 is 0 Å². The lowest BCUT2D eigenvalue weighted by Gasteiger charge is -2.42. The van der Waals surface area contributed by atoms with Crippen molar-refractivity contribution in [1.29, 1.82) is 0 Å². The summed E-state index contributed by atoms with van der Waals surface area (Å²) in [5.74, 6) is 1.86. The van der Waals surface area contributed by atoms with E-state index in [0.29, 0.717) is 0 Å².